The summed E-state index contributed by atoms with van der Waals surface area (Å²) in [6, 6.07) is 0. The van der Waals surface area contributed by atoms with Crippen LogP contribution in [0.25, 0.3) is 0 Å². The molecule has 0 spiro atoms. The number of hydrogen-bond donors (Lipinski definition) is 0. The van der Waals surface area contributed by atoms with Crippen molar-refractivity contribution < 1.29 is 28.6 Å². The summed E-state index contributed by atoms with van der Waals surface area (Å²) in [5.41, 5.74) is -2.42. The molecule has 0 bridgehead atoms. The fraction of sp³-hybridized carbons (Fsp3) is 0.824. The summed E-state index contributed by atoms with van der Waals surface area (Å²) in [5, 5.41) is 0. The van der Waals surface area contributed by atoms with Crippen molar-refractivity contribution in [3.63, 3.8) is 0 Å². The molecule has 0 radical (unpaired) electrons. The van der Waals surface area contributed by atoms with E-state index in [1.165, 1.54) is 20.8 Å². The molecule has 0 atom stereocenters. The fourth-order valence-electron chi connectivity index (χ4n) is 1.48. The second kappa shape index (κ2) is 7.79. The molecule has 6 heteroatoms. The Hall–Kier alpha value is -1.59. The molecule has 0 unspecified atom stereocenters. The lowest BCUT2D eigenvalue weighted by molar-refractivity contribution is -0.180. The summed E-state index contributed by atoms with van der Waals surface area (Å²) in [6.45, 7) is 13.6. The van der Waals surface area contributed by atoms with Gasteiger partial charge in [0.1, 0.15) is 0 Å². The molecule has 0 amide bonds. The number of rotatable bonds is 8. The minimum atomic E-state index is -1.34. The van der Waals surface area contributed by atoms with Gasteiger partial charge in [-0.15, -0.1) is 0 Å². The van der Waals surface area contributed by atoms with Gasteiger partial charge in [0.2, 0.25) is 5.60 Å². The van der Waals surface area contributed by atoms with Crippen molar-refractivity contribution in [3.8, 4) is 0 Å². The first kappa shape index (κ1) is 21.4. The van der Waals surface area contributed by atoms with Gasteiger partial charge in [-0.25, -0.2) is 4.79 Å². The molecule has 0 heterocycles. The van der Waals surface area contributed by atoms with E-state index in [2.05, 4.69) is 0 Å². The van der Waals surface area contributed by atoms with E-state index in [9.17, 15) is 14.4 Å². The molecular formula is C17H30O6. The highest BCUT2D eigenvalue weighted by molar-refractivity contribution is 5.82. The maximum absolute atomic E-state index is 12.0. The molecule has 0 aliphatic carbocycles. The number of esters is 3. The third-order valence-electron chi connectivity index (χ3n) is 3.51. The predicted molar refractivity (Wildman–Crippen MR) is 85.6 cm³/mol. The van der Waals surface area contributed by atoms with Crippen LogP contribution in [0.1, 0.15) is 61.8 Å². The number of carbonyl (C=O) groups is 3. The molecule has 0 saturated heterocycles. The summed E-state index contributed by atoms with van der Waals surface area (Å²) < 4.78 is 15.5. The SMILES string of the molecule is CCC(C)(C)C(=O)OCC(C)(C)COC(=O)C(C)(C)OC(C)=O. The summed E-state index contributed by atoms with van der Waals surface area (Å²) in [4.78, 5) is 34.9. The van der Waals surface area contributed by atoms with E-state index in [0.717, 1.165) is 0 Å². The smallest absolute Gasteiger partial charge is 0.350 e. The van der Waals surface area contributed by atoms with Crippen LogP contribution < -0.4 is 0 Å². The van der Waals surface area contributed by atoms with E-state index in [1.807, 2.05) is 34.6 Å². The van der Waals surface area contributed by atoms with E-state index in [0.29, 0.717) is 6.42 Å². The van der Waals surface area contributed by atoms with E-state index in [1.54, 1.807) is 0 Å². The van der Waals surface area contributed by atoms with Crippen molar-refractivity contribution in [3.05, 3.63) is 0 Å². The summed E-state index contributed by atoms with van der Waals surface area (Å²) in [5.74, 6) is -1.47. The van der Waals surface area contributed by atoms with Crippen molar-refractivity contribution in [1.29, 1.82) is 0 Å². The number of ether oxygens (including phenoxy) is 3. The molecule has 0 rings (SSSR count). The van der Waals surface area contributed by atoms with Crippen LogP contribution in [0.4, 0.5) is 0 Å². The lowest BCUT2D eigenvalue weighted by Gasteiger charge is -2.29. The molecule has 0 aliphatic rings. The van der Waals surface area contributed by atoms with E-state index < -0.39 is 28.4 Å². The number of hydrogen-bond acceptors (Lipinski definition) is 6. The van der Waals surface area contributed by atoms with Gasteiger partial charge in [-0.05, 0) is 34.1 Å². The zero-order chi connectivity index (χ0) is 18.5. The zero-order valence-electron chi connectivity index (χ0n) is 15.6. The topological polar surface area (TPSA) is 78.9 Å². The molecular weight excluding hydrogens is 300 g/mol. The van der Waals surface area contributed by atoms with Gasteiger partial charge in [0.25, 0.3) is 0 Å². The first-order valence-corrected chi connectivity index (χ1v) is 7.77. The quantitative estimate of drug-likeness (QED) is 0.503. The van der Waals surface area contributed by atoms with Crippen LogP contribution in [-0.2, 0) is 28.6 Å². The normalized spacial score (nSPS) is 12.5. The Bertz CT molecular complexity index is 448. The minimum Gasteiger partial charge on any atom is -0.465 e. The maximum Gasteiger partial charge on any atom is 0.350 e. The highest BCUT2D eigenvalue weighted by Gasteiger charge is 2.35. The second-order valence-corrected chi connectivity index (χ2v) is 7.66. The van der Waals surface area contributed by atoms with Gasteiger partial charge in [0.05, 0.1) is 18.6 Å². The van der Waals surface area contributed by atoms with Crippen LogP contribution in [0.2, 0.25) is 0 Å². The Balaban J connectivity index is 4.51. The molecule has 0 aromatic carbocycles. The van der Waals surface area contributed by atoms with Crippen LogP contribution in [0.15, 0.2) is 0 Å². The van der Waals surface area contributed by atoms with Gasteiger partial charge in [-0.2, -0.15) is 0 Å². The average molecular weight is 330 g/mol. The first-order valence-electron chi connectivity index (χ1n) is 7.77. The highest BCUT2D eigenvalue weighted by Crippen LogP contribution is 2.24. The van der Waals surface area contributed by atoms with Crippen LogP contribution >= 0.6 is 0 Å². The lowest BCUT2D eigenvalue weighted by Crippen LogP contribution is -2.40. The predicted octanol–water partition coefficient (Wildman–Crippen LogP) is 2.88. The monoisotopic (exact) mass is 330 g/mol. The molecule has 134 valence electrons. The van der Waals surface area contributed by atoms with Gasteiger partial charge in [-0.3, -0.25) is 9.59 Å². The lowest BCUT2D eigenvalue weighted by atomic mass is 9.90. The third kappa shape index (κ3) is 7.48. The minimum absolute atomic E-state index is 0.0519. The Morgan fingerprint density at radius 1 is 0.826 bits per heavy atom. The van der Waals surface area contributed by atoms with Crippen LogP contribution in [0.5, 0.6) is 0 Å². The second-order valence-electron chi connectivity index (χ2n) is 7.66. The van der Waals surface area contributed by atoms with Gasteiger partial charge in [0, 0.05) is 12.3 Å². The summed E-state index contributed by atoms with van der Waals surface area (Å²) in [7, 11) is 0. The van der Waals surface area contributed by atoms with Gasteiger partial charge >= 0.3 is 17.9 Å². The molecule has 0 N–H and O–H groups in total. The molecule has 0 aromatic rings. The molecule has 0 aliphatic heterocycles. The van der Waals surface area contributed by atoms with Crippen molar-refractivity contribution in [2.24, 2.45) is 10.8 Å². The molecule has 23 heavy (non-hydrogen) atoms. The Labute approximate surface area is 138 Å². The van der Waals surface area contributed by atoms with E-state index in [4.69, 9.17) is 14.2 Å². The van der Waals surface area contributed by atoms with Crippen LogP contribution in [0.3, 0.4) is 0 Å². The molecule has 0 saturated carbocycles. The Morgan fingerprint density at radius 2 is 1.26 bits per heavy atom. The third-order valence-corrected chi connectivity index (χ3v) is 3.51. The van der Waals surface area contributed by atoms with E-state index in [-0.39, 0.29) is 19.2 Å². The van der Waals surface area contributed by atoms with Gasteiger partial charge in [0.15, 0.2) is 0 Å². The summed E-state index contributed by atoms with van der Waals surface area (Å²) >= 11 is 0. The highest BCUT2D eigenvalue weighted by atomic mass is 16.6. The van der Waals surface area contributed by atoms with E-state index >= 15 is 0 Å². The summed E-state index contributed by atoms with van der Waals surface area (Å²) in [6.07, 6.45) is 0.678. The van der Waals surface area contributed by atoms with Crippen LogP contribution in [-0.4, -0.2) is 36.7 Å². The Kier molecular flexibility index (Phi) is 7.26. The zero-order valence-corrected chi connectivity index (χ0v) is 15.6. The molecule has 0 fully saturated rings. The molecule has 6 nitrogen and oxygen atoms in total. The molecule has 0 aromatic heterocycles. The standard InChI is InChI=1S/C17H30O6/c1-9-16(5,6)13(19)21-10-15(3,4)11-22-14(20)17(7,8)23-12(2)18/h9-11H2,1-8H3. The number of carbonyl (C=O) groups excluding carboxylic acids is 3. The maximum atomic E-state index is 12.0. The Morgan fingerprint density at radius 3 is 1.65 bits per heavy atom. The first-order chi connectivity index (χ1) is 10.2. The average Bonchev–Trinajstić information content (AvgIpc) is 2.40. The van der Waals surface area contributed by atoms with Crippen molar-refractivity contribution in [2.45, 2.75) is 67.4 Å². The van der Waals surface area contributed by atoms with Crippen molar-refractivity contribution in [1.82, 2.24) is 0 Å². The fourth-order valence-corrected chi connectivity index (χ4v) is 1.48. The van der Waals surface area contributed by atoms with Crippen LogP contribution in [0, 0.1) is 10.8 Å². The van der Waals surface area contributed by atoms with Crippen molar-refractivity contribution in [2.75, 3.05) is 13.2 Å². The van der Waals surface area contributed by atoms with Crippen molar-refractivity contribution >= 4 is 17.9 Å². The van der Waals surface area contributed by atoms with Gasteiger partial charge in [-0.1, -0.05) is 20.8 Å². The largest absolute Gasteiger partial charge is 0.465 e. The van der Waals surface area contributed by atoms with Gasteiger partial charge < -0.3 is 14.2 Å².